The molecule has 1 saturated heterocycles. The quantitative estimate of drug-likeness (QED) is 0.897. The lowest BCUT2D eigenvalue weighted by atomic mass is 10.1. The van der Waals surface area contributed by atoms with Crippen LogP contribution in [0.5, 0.6) is 0 Å². The number of benzene rings is 1. The number of nitrogens with one attached hydrogen (secondary N) is 1. The lowest BCUT2D eigenvalue weighted by Gasteiger charge is -2.27. The number of hydrogen-bond donors (Lipinski definition) is 1. The van der Waals surface area contributed by atoms with E-state index in [0.717, 1.165) is 31.9 Å². The van der Waals surface area contributed by atoms with E-state index in [2.05, 4.69) is 5.32 Å². The molecule has 0 bridgehead atoms. The van der Waals surface area contributed by atoms with Crippen molar-refractivity contribution in [2.75, 3.05) is 44.2 Å². The van der Waals surface area contributed by atoms with Gasteiger partial charge in [-0.15, -0.1) is 0 Å². The summed E-state index contributed by atoms with van der Waals surface area (Å²) in [6.45, 7) is 3.65. The molecule has 1 N–H and O–H groups in total. The van der Waals surface area contributed by atoms with Crippen molar-refractivity contribution < 1.29 is 8.91 Å². The smallest absolute Gasteiger partial charge is 0.253 e. The SMILES string of the molecule is [2H]C([2H])([2H])CN(CC)c1ccc(C(=O)N2CCNCC2)cc1. The first-order valence-electron chi connectivity index (χ1n) is 8.26. The number of nitrogens with zero attached hydrogens (tertiary/aromatic N) is 2. The van der Waals surface area contributed by atoms with Gasteiger partial charge in [0, 0.05) is 54.6 Å². The zero-order valence-electron chi connectivity index (χ0n) is 14.4. The predicted octanol–water partition coefficient (Wildman–Crippen LogP) is 1.58. The van der Waals surface area contributed by atoms with Gasteiger partial charge >= 0.3 is 0 Å². The summed E-state index contributed by atoms with van der Waals surface area (Å²) in [5.41, 5.74) is 1.48. The number of rotatable bonds is 4. The first kappa shape index (κ1) is 10.3. The molecule has 1 heterocycles. The highest BCUT2D eigenvalue weighted by Crippen LogP contribution is 2.16. The molecule has 2 rings (SSSR count). The Hall–Kier alpha value is -1.55. The molecule has 0 unspecified atom stereocenters. The maximum absolute atomic E-state index is 12.4. The minimum Gasteiger partial charge on any atom is -0.372 e. The molecule has 0 saturated carbocycles. The summed E-state index contributed by atoms with van der Waals surface area (Å²) in [6.07, 6.45) is 0. The van der Waals surface area contributed by atoms with Gasteiger partial charge in [-0.2, -0.15) is 0 Å². The van der Waals surface area contributed by atoms with Gasteiger partial charge in [0.15, 0.2) is 0 Å². The van der Waals surface area contributed by atoms with Crippen molar-refractivity contribution in [1.82, 2.24) is 10.2 Å². The molecule has 1 aliphatic heterocycles. The molecule has 0 atom stereocenters. The van der Waals surface area contributed by atoms with E-state index < -0.39 is 6.85 Å². The van der Waals surface area contributed by atoms with E-state index in [1.165, 1.54) is 0 Å². The molecular formula is C15H23N3O. The first-order valence-corrected chi connectivity index (χ1v) is 6.76. The van der Waals surface area contributed by atoms with Crippen LogP contribution in [0.4, 0.5) is 5.69 Å². The Morgan fingerprint density at radius 3 is 2.58 bits per heavy atom. The van der Waals surface area contributed by atoms with Crippen LogP contribution in [0, 0.1) is 0 Å². The summed E-state index contributed by atoms with van der Waals surface area (Å²) in [5.74, 6) is 0.0342. The molecule has 4 heteroatoms. The Morgan fingerprint density at radius 1 is 1.32 bits per heavy atom. The predicted molar refractivity (Wildman–Crippen MR) is 78.8 cm³/mol. The van der Waals surface area contributed by atoms with Gasteiger partial charge in [0.05, 0.1) is 0 Å². The van der Waals surface area contributed by atoms with Gasteiger partial charge in [0.25, 0.3) is 5.91 Å². The lowest BCUT2D eigenvalue weighted by Crippen LogP contribution is -2.46. The van der Waals surface area contributed by atoms with Gasteiger partial charge in [-0.05, 0) is 38.0 Å². The second kappa shape index (κ2) is 6.57. The molecule has 0 spiro atoms. The number of amides is 1. The van der Waals surface area contributed by atoms with Crippen molar-refractivity contribution in [1.29, 1.82) is 0 Å². The number of hydrogen-bond acceptors (Lipinski definition) is 3. The first-order chi connectivity index (χ1) is 10.4. The number of carbonyl (C=O) groups is 1. The van der Waals surface area contributed by atoms with Crippen molar-refractivity contribution in [3.05, 3.63) is 29.8 Å². The van der Waals surface area contributed by atoms with E-state index in [9.17, 15) is 4.79 Å². The summed E-state index contributed by atoms with van der Waals surface area (Å²) in [7, 11) is 0. The van der Waals surface area contributed by atoms with Crippen LogP contribution in [0.3, 0.4) is 0 Å². The molecular weight excluding hydrogens is 238 g/mol. The zero-order chi connectivity index (χ0) is 16.2. The highest BCUT2D eigenvalue weighted by atomic mass is 16.2. The largest absolute Gasteiger partial charge is 0.372 e. The van der Waals surface area contributed by atoms with Crippen LogP contribution in [-0.4, -0.2) is 50.1 Å². The van der Waals surface area contributed by atoms with Gasteiger partial charge in [-0.3, -0.25) is 4.79 Å². The lowest BCUT2D eigenvalue weighted by molar-refractivity contribution is 0.0736. The van der Waals surface area contributed by atoms with Crippen LogP contribution in [0.15, 0.2) is 24.3 Å². The topological polar surface area (TPSA) is 35.6 Å². The second-order valence-electron chi connectivity index (χ2n) is 4.60. The van der Waals surface area contributed by atoms with Crippen molar-refractivity contribution in [3.8, 4) is 0 Å². The number of carbonyl (C=O) groups excluding carboxylic acids is 1. The molecule has 1 amide bonds. The van der Waals surface area contributed by atoms with E-state index in [-0.39, 0.29) is 12.5 Å². The van der Waals surface area contributed by atoms with Crippen molar-refractivity contribution >= 4 is 11.6 Å². The van der Waals surface area contributed by atoms with Crippen molar-refractivity contribution in [3.63, 3.8) is 0 Å². The Balaban J connectivity index is 2.07. The van der Waals surface area contributed by atoms with E-state index in [0.29, 0.717) is 12.1 Å². The summed E-state index contributed by atoms with van der Waals surface area (Å²) in [4.78, 5) is 16.0. The minimum atomic E-state index is -1.99. The summed E-state index contributed by atoms with van der Waals surface area (Å²) >= 11 is 0. The van der Waals surface area contributed by atoms with E-state index >= 15 is 0 Å². The summed E-state index contributed by atoms with van der Waals surface area (Å²) in [5, 5.41) is 3.22. The van der Waals surface area contributed by atoms with Crippen molar-refractivity contribution in [2.24, 2.45) is 0 Å². The fraction of sp³-hybridized carbons (Fsp3) is 0.533. The summed E-state index contributed by atoms with van der Waals surface area (Å²) < 4.78 is 22.2. The highest BCUT2D eigenvalue weighted by Gasteiger charge is 2.17. The molecule has 0 radical (unpaired) electrons. The molecule has 104 valence electrons. The van der Waals surface area contributed by atoms with Gasteiger partial charge in [-0.25, -0.2) is 0 Å². The van der Waals surface area contributed by atoms with Crippen LogP contribution in [-0.2, 0) is 0 Å². The van der Waals surface area contributed by atoms with Gasteiger partial charge in [0.2, 0.25) is 0 Å². The third kappa shape index (κ3) is 3.26. The highest BCUT2D eigenvalue weighted by molar-refractivity contribution is 5.94. The normalized spacial score (nSPS) is 18.4. The van der Waals surface area contributed by atoms with E-state index in [1.807, 2.05) is 24.0 Å². The Morgan fingerprint density at radius 2 is 2.00 bits per heavy atom. The third-order valence-electron chi connectivity index (χ3n) is 3.46. The zero-order valence-corrected chi connectivity index (χ0v) is 11.4. The standard InChI is InChI=1S/C15H23N3O/c1-3-17(4-2)14-7-5-13(6-8-14)15(19)18-11-9-16-10-12-18/h5-8,16H,3-4,9-12H2,1-2H3/i1D3. The average Bonchev–Trinajstić information content (AvgIpc) is 2.52. The van der Waals surface area contributed by atoms with Crippen LogP contribution in [0.2, 0.25) is 0 Å². The summed E-state index contributed by atoms with van der Waals surface area (Å²) in [6, 6.07) is 7.21. The molecule has 1 fully saturated rings. The van der Waals surface area contributed by atoms with Crippen LogP contribution >= 0.6 is 0 Å². The van der Waals surface area contributed by atoms with Crippen LogP contribution < -0.4 is 10.2 Å². The van der Waals surface area contributed by atoms with E-state index in [4.69, 9.17) is 4.11 Å². The molecule has 1 aliphatic rings. The van der Waals surface area contributed by atoms with Gasteiger partial charge in [0.1, 0.15) is 0 Å². The monoisotopic (exact) mass is 264 g/mol. The minimum absolute atomic E-state index is 0.00852. The molecule has 1 aromatic carbocycles. The number of anilines is 1. The van der Waals surface area contributed by atoms with Crippen LogP contribution in [0.1, 0.15) is 28.2 Å². The number of piperazine rings is 1. The molecule has 1 aromatic rings. The molecule has 4 nitrogen and oxygen atoms in total. The molecule has 19 heavy (non-hydrogen) atoms. The molecule has 0 aromatic heterocycles. The maximum Gasteiger partial charge on any atom is 0.253 e. The molecule has 0 aliphatic carbocycles. The van der Waals surface area contributed by atoms with E-state index in [1.54, 1.807) is 17.0 Å². The Kier molecular flexibility index (Phi) is 3.55. The van der Waals surface area contributed by atoms with Gasteiger partial charge < -0.3 is 15.1 Å². The Bertz CT molecular complexity index is 496. The van der Waals surface area contributed by atoms with Crippen LogP contribution in [0.25, 0.3) is 0 Å². The maximum atomic E-state index is 12.4. The third-order valence-corrected chi connectivity index (χ3v) is 3.46. The van der Waals surface area contributed by atoms with Gasteiger partial charge in [-0.1, -0.05) is 0 Å². The fourth-order valence-electron chi connectivity index (χ4n) is 2.25. The van der Waals surface area contributed by atoms with Crippen molar-refractivity contribution in [2.45, 2.75) is 13.8 Å². The Labute approximate surface area is 119 Å². The second-order valence-corrected chi connectivity index (χ2v) is 4.60. The average molecular weight is 264 g/mol. The fourth-order valence-corrected chi connectivity index (χ4v) is 2.25.